The second-order valence-electron chi connectivity index (χ2n) is 3.82. The Morgan fingerprint density at radius 1 is 1.40 bits per heavy atom. The van der Waals surface area contributed by atoms with Crippen molar-refractivity contribution in [3.8, 4) is 11.5 Å². The number of methoxy groups -OCH3 is 1. The van der Waals surface area contributed by atoms with Gasteiger partial charge in [0.25, 0.3) is 0 Å². The van der Waals surface area contributed by atoms with Crippen molar-refractivity contribution in [2.75, 3.05) is 7.11 Å². The molecule has 4 nitrogen and oxygen atoms in total. The van der Waals surface area contributed by atoms with E-state index in [2.05, 4.69) is 0 Å². The number of hydrogen-bond donors (Lipinski definition) is 2. The van der Waals surface area contributed by atoms with Gasteiger partial charge >= 0.3 is 5.97 Å². The van der Waals surface area contributed by atoms with Crippen molar-refractivity contribution in [2.45, 2.75) is 19.3 Å². The summed E-state index contributed by atoms with van der Waals surface area (Å²) in [5.41, 5.74) is -0.489. The van der Waals surface area contributed by atoms with E-state index in [0.717, 1.165) is 0 Å². The Morgan fingerprint density at radius 2 is 2.00 bits per heavy atom. The van der Waals surface area contributed by atoms with Gasteiger partial charge in [0.05, 0.1) is 12.5 Å². The summed E-state index contributed by atoms with van der Waals surface area (Å²) in [4.78, 5) is 11.0. The van der Waals surface area contributed by atoms with Crippen LogP contribution >= 0.6 is 0 Å². The maximum absolute atomic E-state index is 11.0. The third kappa shape index (κ3) is 2.03. The van der Waals surface area contributed by atoms with Gasteiger partial charge in [0.15, 0.2) is 11.5 Å². The first-order chi connectivity index (χ1) is 6.89. The monoisotopic (exact) mass is 210 g/mol. The number of hydrogen-bond acceptors (Lipinski definition) is 3. The van der Waals surface area contributed by atoms with Gasteiger partial charge in [0.1, 0.15) is 0 Å². The lowest BCUT2D eigenvalue weighted by molar-refractivity contribution is -0.142. The summed E-state index contributed by atoms with van der Waals surface area (Å²) >= 11 is 0. The number of benzene rings is 1. The molecule has 1 aromatic rings. The van der Waals surface area contributed by atoms with Gasteiger partial charge in [-0.25, -0.2) is 0 Å². The molecular weight excluding hydrogens is 196 g/mol. The van der Waals surface area contributed by atoms with Crippen LogP contribution in [0.3, 0.4) is 0 Å². The summed E-state index contributed by atoms with van der Waals surface area (Å²) in [6.45, 7) is 3.16. The van der Waals surface area contributed by atoms with E-state index in [1.165, 1.54) is 13.2 Å². The zero-order valence-corrected chi connectivity index (χ0v) is 8.94. The Bertz CT molecular complexity index is 382. The van der Waals surface area contributed by atoms with E-state index in [0.29, 0.717) is 11.3 Å². The lowest BCUT2D eigenvalue weighted by Crippen LogP contribution is -2.28. The van der Waals surface area contributed by atoms with Gasteiger partial charge in [0, 0.05) is 0 Å². The molecule has 1 aromatic carbocycles. The zero-order valence-electron chi connectivity index (χ0n) is 8.94. The molecule has 0 fully saturated rings. The van der Waals surface area contributed by atoms with E-state index in [-0.39, 0.29) is 5.75 Å². The third-order valence-corrected chi connectivity index (χ3v) is 2.44. The highest BCUT2D eigenvalue weighted by Crippen LogP contribution is 2.32. The average Bonchev–Trinajstić information content (AvgIpc) is 2.17. The molecule has 0 heterocycles. The maximum atomic E-state index is 11.0. The Morgan fingerprint density at radius 3 is 2.40 bits per heavy atom. The van der Waals surface area contributed by atoms with E-state index in [4.69, 9.17) is 9.84 Å². The largest absolute Gasteiger partial charge is 0.504 e. The van der Waals surface area contributed by atoms with E-state index in [9.17, 15) is 9.90 Å². The van der Waals surface area contributed by atoms with E-state index in [1.54, 1.807) is 26.0 Å². The Labute approximate surface area is 88.1 Å². The van der Waals surface area contributed by atoms with Crippen molar-refractivity contribution in [1.82, 2.24) is 0 Å². The molecule has 0 aromatic heterocycles. The van der Waals surface area contributed by atoms with Crippen LogP contribution in [0.4, 0.5) is 0 Å². The van der Waals surface area contributed by atoms with Crippen molar-refractivity contribution in [3.05, 3.63) is 23.8 Å². The topological polar surface area (TPSA) is 66.8 Å². The van der Waals surface area contributed by atoms with E-state index in [1.807, 2.05) is 0 Å². The first kappa shape index (κ1) is 11.4. The van der Waals surface area contributed by atoms with Gasteiger partial charge in [-0.05, 0) is 31.5 Å². The Kier molecular flexibility index (Phi) is 2.88. The van der Waals surface area contributed by atoms with Crippen molar-refractivity contribution < 1.29 is 19.7 Å². The van der Waals surface area contributed by atoms with Gasteiger partial charge in [0.2, 0.25) is 0 Å². The molecular formula is C11H14O4. The molecule has 0 amide bonds. The Hall–Kier alpha value is -1.71. The second kappa shape index (κ2) is 3.81. The van der Waals surface area contributed by atoms with Crippen LogP contribution in [0.1, 0.15) is 19.4 Å². The highest BCUT2D eigenvalue weighted by atomic mass is 16.5. The van der Waals surface area contributed by atoms with Gasteiger partial charge in [-0.1, -0.05) is 6.07 Å². The third-order valence-electron chi connectivity index (χ3n) is 2.44. The number of phenolic OH excluding ortho intramolecular Hbond substituents is 1. The molecule has 0 bridgehead atoms. The number of carbonyl (C=O) groups is 1. The summed E-state index contributed by atoms with van der Waals surface area (Å²) in [5.74, 6) is -0.656. The predicted molar refractivity (Wildman–Crippen MR) is 55.3 cm³/mol. The minimum absolute atomic E-state index is 0.0516. The molecule has 0 saturated heterocycles. The minimum atomic E-state index is -1.02. The lowest BCUT2D eigenvalue weighted by Gasteiger charge is -2.20. The zero-order chi connectivity index (χ0) is 11.6. The van der Waals surface area contributed by atoms with E-state index >= 15 is 0 Å². The number of carboxylic acid groups (broad SMARTS) is 1. The van der Waals surface area contributed by atoms with Crippen molar-refractivity contribution in [1.29, 1.82) is 0 Å². The fraction of sp³-hybridized carbons (Fsp3) is 0.364. The Balaban J connectivity index is 3.18. The minimum Gasteiger partial charge on any atom is -0.504 e. The molecule has 2 N–H and O–H groups in total. The van der Waals surface area contributed by atoms with Crippen LogP contribution in [0.15, 0.2) is 18.2 Å². The van der Waals surface area contributed by atoms with E-state index < -0.39 is 11.4 Å². The van der Waals surface area contributed by atoms with Gasteiger partial charge in [-0.15, -0.1) is 0 Å². The van der Waals surface area contributed by atoms with Crippen LogP contribution in [0.2, 0.25) is 0 Å². The fourth-order valence-electron chi connectivity index (χ4n) is 1.20. The molecule has 0 atom stereocenters. The molecule has 0 radical (unpaired) electrons. The highest BCUT2D eigenvalue weighted by molar-refractivity contribution is 5.80. The quantitative estimate of drug-likeness (QED) is 0.797. The molecule has 0 aliphatic heterocycles. The van der Waals surface area contributed by atoms with Crippen LogP contribution in [-0.2, 0) is 10.2 Å². The molecule has 0 spiro atoms. The molecule has 0 aliphatic carbocycles. The molecule has 0 saturated carbocycles. The molecule has 82 valence electrons. The predicted octanol–water partition coefficient (Wildman–Crippen LogP) is 1.76. The number of aliphatic carboxylic acids is 1. The summed E-state index contributed by atoms with van der Waals surface area (Å²) in [7, 11) is 1.44. The molecule has 0 unspecified atom stereocenters. The molecule has 4 heteroatoms. The first-order valence-corrected chi connectivity index (χ1v) is 4.50. The summed E-state index contributed by atoms with van der Waals surface area (Å²) in [5, 5.41) is 18.5. The summed E-state index contributed by atoms with van der Waals surface area (Å²) < 4.78 is 4.88. The first-order valence-electron chi connectivity index (χ1n) is 4.50. The van der Waals surface area contributed by atoms with Crippen LogP contribution in [0.25, 0.3) is 0 Å². The second-order valence-corrected chi connectivity index (χ2v) is 3.82. The average molecular weight is 210 g/mol. The number of phenols is 1. The van der Waals surface area contributed by atoms with Crippen molar-refractivity contribution in [2.24, 2.45) is 0 Å². The van der Waals surface area contributed by atoms with Gasteiger partial charge in [-0.3, -0.25) is 4.79 Å². The number of carboxylic acids is 1. The van der Waals surface area contributed by atoms with Gasteiger partial charge in [-0.2, -0.15) is 0 Å². The SMILES string of the molecule is COc1ccc(C(C)(C)C(=O)O)cc1O. The normalized spacial score (nSPS) is 11.1. The lowest BCUT2D eigenvalue weighted by atomic mass is 9.85. The standard InChI is InChI=1S/C11H14O4/c1-11(2,10(13)14)7-4-5-9(15-3)8(12)6-7/h4-6,12H,1-3H3,(H,13,14). The molecule has 0 aliphatic rings. The highest BCUT2D eigenvalue weighted by Gasteiger charge is 2.30. The maximum Gasteiger partial charge on any atom is 0.313 e. The van der Waals surface area contributed by atoms with Crippen molar-refractivity contribution in [3.63, 3.8) is 0 Å². The molecule has 15 heavy (non-hydrogen) atoms. The number of ether oxygens (including phenoxy) is 1. The van der Waals surface area contributed by atoms with Crippen LogP contribution in [0, 0.1) is 0 Å². The molecule has 1 rings (SSSR count). The van der Waals surface area contributed by atoms with Crippen molar-refractivity contribution >= 4 is 5.97 Å². The van der Waals surface area contributed by atoms with Crippen LogP contribution in [0.5, 0.6) is 11.5 Å². The number of rotatable bonds is 3. The van der Waals surface area contributed by atoms with Crippen LogP contribution < -0.4 is 4.74 Å². The smallest absolute Gasteiger partial charge is 0.313 e. The van der Waals surface area contributed by atoms with Gasteiger partial charge < -0.3 is 14.9 Å². The van der Waals surface area contributed by atoms with Crippen LogP contribution in [-0.4, -0.2) is 23.3 Å². The fourth-order valence-corrected chi connectivity index (χ4v) is 1.20. The summed E-state index contributed by atoms with van der Waals surface area (Å²) in [6, 6.07) is 4.59. The number of aromatic hydroxyl groups is 1. The summed E-state index contributed by atoms with van der Waals surface area (Å²) in [6.07, 6.45) is 0.